The summed E-state index contributed by atoms with van der Waals surface area (Å²) in [7, 11) is 0. The molecule has 0 fully saturated rings. The number of anilines is 2. The number of amides is 1. The maximum Gasteiger partial charge on any atom is 0.224 e. The highest BCUT2D eigenvalue weighted by Gasteiger charge is 2.05. The molecule has 112 valence electrons. The van der Waals surface area contributed by atoms with E-state index >= 15 is 0 Å². The average Bonchev–Trinajstić information content (AvgIpc) is 2.45. The van der Waals surface area contributed by atoms with Crippen molar-refractivity contribution in [3.05, 3.63) is 24.3 Å². The Hall–Kier alpha value is -1.59. The zero-order valence-electron chi connectivity index (χ0n) is 12.1. The number of aliphatic hydroxyl groups is 1. The van der Waals surface area contributed by atoms with Gasteiger partial charge >= 0.3 is 0 Å². The predicted octanol–water partition coefficient (Wildman–Crippen LogP) is 1.69. The molecule has 0 aromatic heterocycles. The molecule has 0 saturated heterocycles. The van der Waals surface area contributed by atoms with E-state index in [-0.39, 0.29) is 12.5 Å². The van der Waals surface area contributed by atoms with Gasteiger partial charge in [0, 0.05) is 30.9 Å². The topological polar surface area (TPSA) is 78.6 Å². The van der Waals surface area contributed by atoms with E-state index < -0.39 is 0 Å². The third kappa shape index (κ3) is 6.54. The number of rotatable bonds is 9. The molecule has 0 radical (unpaired) electrons. The first-order chi connectivity index (χ1) is 9.65. The Morgan fingerprint density at radius 3 is 2.50 bits per heavy atom. The summed E-state index contributed by atoms with van der Waals surface area (Å²) in [4.78, 5) is 14.0. The van der Waals surface area contributed by atoms with Crippen LogP contribution in [0.5, 0.6) is 0 Å². The van der Waals surface area contributed by atoms with Crippen molar-refractivity contribution in [2.24, 2.45) is 0 Å². The minimum absolute atomic E-state index is 0.0213. The molecular weight excluding hydrogens is 254 g/mol. The number of carbonyl (C=O) groups is 1. The first-order valence-corrected chi connectivity index (χ1v) is 7.14. The van der Waals surface area contributed by atoms with Crippen molar-refractivity contribution in [2.75, 3.05) is 37.3 Å². The quantitative estimate of drug-likeness (QED) is 0.601. The van der Waals surface area contributed by atoms with Crippen molar-refractivity contribution in [1.29, 1.82) is 0 Å². The van der Waals surface area contributed by atoms with E-state index in [1.807, 2.05) is 0 Å². The fourth-order valence-electron chi connectivity index (χ4n) is 1.98. The maximum atomic E-state index is 11.8. The Labute approximate surface area is 120 Å². The second-order valence-electron chi connectivity index (χ2n) is 4.79. The van der Waals surface area contributed by atoms with Gasteiger partial charge in [-0.1, -0.05) is 6.92 Å². The van der Waals surface area contributed by atoms with Crippen molar-refractivity contribution in [2.45, 2.75) is 26.2 Å². The van der Waals surface area contributed by atoms with Crippen LogP contribution in [0.3, 0.4) is 0 Å². The second-order valence-corrected chi connectivity index (χ2v) is 4.79. The Kier molecular flexibility index (Phi) is 7.69. The number of benzene rings is 1. The molecule has 1 rings (SSSR count). The summed E-state index contributed by atoms with van der Waals surface area (Å²) in [6, 6.07) is 7.13. The van der Waals surface area contributed by atoms with E-state index in [1.165, 1.54) is 0 Å². The summed E-state index contributed by atoms with van der Waals surface area (Å²) >= 11 is 0. The van der Waals surface area contributed by atoms with Crippen molar-refractivity contribution in [1.82, 2.24) is 4.90 Å². The number of nitrogens with two attached hydrogens (primary N) is 1. The summed E-state index contributed by atoms with van der Waals surface area (Å²) in [6.07, 6.45) is 2.10. The maximum absolute atomic E-state index is 11.8. The number of nitrogen functional groups attached to an aromatic ring is 1. The van der Waals surface area contributed by atoms with Crippen LogP contribution in [0.4, 0.5) is 11.4 Å². The van der Waals surface area contributed by atoms with Crippen LogP contribution in [0.1, 0.15) is 26.2 Å². The van der Waals surface area contributed by atoms with Gasteiger partial charge in [0.25, 0.3) is 0 Å². The normalized spacial score (nSPS) is 10.8. The lowest BCUT2D eigenvalue weighted by atomic mass is 10.2. The molecule has 0 atom stereocenters. The third-order valence-electron chi connectivity index (χ3n) is 3.15. The van der Waals surface area contributed by atoms with Crippen LogP contribution in [0, 0.1) is 0 Å². The van der Waals surface area contributed by atoms with E-state index in [2.05, 4.69) is 17.1 Å². The molecule has 1 aromatic rings. The average molecular weight is 279 g/mol. The van der Waals surface area contributed by atoms with Crippen LogP contribution in [-0.4, -0.2) is 42.2 Å². The van der Waals surface area contributed by atoms with Gasteiger partial charge in [0.1, 0.15) is 0 Å². The van der Waals surface area contributed by atoms with Crippen molar-refractivity contribution in [3.8, 4) is 0 Å². The van der Waals surface area contributed by atoms with Gasteiger partial charge in [-0.2, -0.15) is 0 Å². The molecule has 5 heteroatoms. The van der Waals surface area contributed by atoms with Crippen LogP contribution in [0.2, 0.25) is 0 Å². The minimum Gasteiger partial charge on any atom is -0.399 e. The largest absolute Gasteiger partial charge is 0.399 e. The van der Waals surface area contributed by atoms with E-state index in [4.69, 9.17) is 10.8 Å². The molecule has 0 spiro atoms. The number of hydrogen-bond donors (Lipinski definition) is 3. The fourth-order valence-corrected chi connectivity index (χ4v) is 1.98. The molecule has 0 aliphatic carbocycles. The summed E-state index contributed by atoms with van der Waals surface area (Å²) < 4.78 is 0. The molecule has 0 unspecified atom stereocenters. The van der Waals surface area contributed by atoms with Gasteiger partial charge in [0.15, 0.2) is 0 Å². The molecule has 1 aromatic carbocycles. The smallest absolute Gasteiger partial charge is 0.224 e. The molecule has 0 aliphatic rings. The molecule has 4 N–H and O–H groups in total. The zero-order chi connectivity index (χ0) is 14.8. The Bertz CT molecular complexity index is 393. The zero-order valence-corrected chi connectivity index (χ0v) is 12.1. The highest BCUT2D eigenvalue weighted by molar-refractivity contribution is 5.90. The standard InChI is InChI=1S/C15H25N3O2/c1-2-18(11-4-12-19)10-3-5-15(20)17-14-8-6-13(16)7-9-14/h6-9,19H,2-5,10-12,16H2,1H3,(H,17,20). The summed E-state index contributed by atoms with van der Waals surface area (Å²) in [5, 5.41) is 11.7. The fraction of sp³-hybridized carbons (Fsp3) is 0.533. The molecule has 0 aliphatic heterocycles. The van der Waals surface area contributed by atoms with Gasteiger partial charge in [-0.05, 0) is 50.2 Å². The summed E-state index contributed by atoms with van der Waals surface area (Å²) in [5.41, 5.74) is 7.05. The Morgan fingerprint density at radius 2 is 1.90 bits per heavy atom. The highest BCUT2D eigenvalue weighted by atomic mass is 16.3. The molecule has 0 heterocycles. The first-order valence-electron chi connectivity index (χ1n) is 7.14. The molecular formula is C15H25N3O2. The van der Waals surface area contributed by atoms with Crippen LogP contribution in [0.15, 0.2) is 24.3 Å². The Balaban J connectivity index is 2.23. The molecule has 1 amide bonds. The van der Waals surface area contributed by atoms with Gasteiger partial charge in [0.05, 0.1) is 0 Å². The predicted molar refractivity (Wildman–Crippen MR) is 82.5 cm³/mol. The van der Waals surface area contributed by atoms with Gasteiger partial charge in [-0.25, -0.2) is 0 Å². The van der Waals surface area contributed by atoms with Crippen molar-refractivity contribution in [3.63, 3.8) is 0 Å². The Morgan fingerprint density at radius 1 is 1.25 bits per heavy atom. The number of nitrogens with one attached hydrogen (secondary N) is 1. The monoisotopic (exact) mass is 279 g/mol. The molecule has 5 nitrogen and oxygen atoms in total. The first kappa shape index (κ1) is 16.5. The van der Waals surface area contributed by atoms with Crippen LogP contribution < -0.4 is 11.1 Å². The lowest BCUT2D eigenvalue weighted by molar-refractivity contribution is -0.116. The van der Waals surface area contributed by atoms with E-state index in [0.29, 0.717) is 12.1 Å². The summed E-state index contributed by atoms with van der Waals surface area (Å²) in [5.74, 6) is 0.0213. The van der Waals surface area contributed by atoms with Crippen LogP contribution in [0.25, 0.3) is 0 Å². The second kappa shape index (κ2) is 9.34. The van der Waals surface area contributed by atoms with Gasteiger partial charge < -0.3 is 21.1 Å². The molecule has 20 heavy (non-hydrogen) atoms. The van der Waals surface area contributed by atoms with E-state index in [1.54, 1.807) is 24.3 Å². The molecule has 0 bridgehead atoms. The molecule has 0 saturated carbocycles. The lowest BCUT2D eigenvalue weighted by Gasteiger charge is -2.19. The van der Waals surface area contributed by atoms with Gasteiger partial charge in [-0.3, -0.25) is 4.79 Å². The number of carbonyl (C=O) groups excluding carboxylic acids is 1. The summed E-state index contributed by atoms with van der Waals surface area (Å²) in [6.45, 7) is 5.01. The van der Waals surface area contributed by atoms with E-state index in [9.17, 15) is 4.79 Å². The number of nitrogens with zero attached hydrogens (tertiary/aromatic N) is 1. The minimum atomic E-state index is 0.0213. The van der Waals surface area contributed by atoms with Gasteiger partial charge in [-0.15, -0.1) is 0 Å². The van der Waals surface area contributed by atoms with E-state index in [0.717, 1.165) is 38.2 Å². The van der Waals surface area contributed by atoms with Gasteiger partial charge in [0.2, 0.25) is 5.91 Å². The van der Waals surface area contributed by atoms with Crippen molar-refractivity contribution >= 4 is 17.3 Å². The van der Waals surface area contributed by atoms with Crippen LogP contribution >= 0.6 is 0 Å². The number of aliphatic hydroxyl groups excluding tert-OH is 1. The SMILES string of the molecule is CCN(CCCO)CCCC(=O)Nc1ccc(N)cc1. The highest BCUT2D eigenvalue weighted by Crippen LogP contribution is 2.11. The number of hydrogen-bond acceptors (Lipinski definition) is 4. The van der Waals surface area contributed by atoms with Crippen molar-refractivity contribution < 1.29 is 9.90 Å². The third-order valence-corrected chi connectivity index (χ3v) is 3.15. The lowest BCUT2D eigenvalue weighted by Crippen LogP contribution is -2.27. The van der Waals surface area contributed by atoms with Crippen LogP contribution in [-0.2, 0) is 4.79 Å².